The van der Waals surface area contributed by atoms with Crippen molar-refractivity contribution < 1.29 is 9.47 Å². The van der Waals surface area contributed by atoms with Crippen molar-refractivity contribution in [3.63, 3.8) is 0 Å². The van der Waals surface area contributed by atoms with Gasteiger partial charge < -0.3 is 9.47 Å². The molecule has 0 saturated carbocycles. The SMILES string of the molecule is CCC(CC)COc1ccc(-c2ccc(-c3ccc(OCC(CC)CC)cc3)c3nn(CC(C)C)nc23)cc1. The lowest BCUT2D eigenvalue weighted by molar-refractivity contribution is 0.240. The van der Waals surface area contributed by atoms with Gasteiger partial charge in [0.15, 0.2) is 0 Å². The van der Waals surface area contributed by atoms with Crippen molar-refractivity contribution in [1.29, 1.82) is 0 Å². The highest BCUT2D eigenvalue weighted by molar-refractivity contribution is 6.00. The van der Waals surface area contributed by atoms with Crippen LogP contribution in [0.1, 0.15) is 67.2 Å². The molecule has 0 unspecified atom stereocenters. The maximum Gasteiger partial charge on any atom is 0.121 e. The van der Waals surface area contributed by atoms with Gasteiger partial charge in [-0.25, -0.2) is 0 Å². The normalized spacial score (nSPS) is 11.7. The van der Waals surface area contributed by atoms with Crippen LogP contribution in [0.4, 0.5) is 0 Å². The van der Waals surface area contributed by atoms with E-state index in [2.05, 4.69) is 102 Å². The molecular weight excluding hydrogens is 482 g/mol. The van der Waals surface area contributed by atoms with Gasteiger partial charge in [-0.3, -0.25) is 0 Å². The number of aromatic nitrogens is 3. The van der Waals surface area contributed by atoms with Crippen molar-refractivity contribution in [2.75, 3.05) is 13.2 Å². The summed E-state index contributed by atoms with van der Waals surface area (Å²) in [5.41, 5.74) is 6.24. The number of hydrogen-bond donors (Lipinski definition) is 0. The fourth-order valence-corrected chi connectivity index (χ4v) is 4.85. The van der Waals surface area contributed by atoms with Crippen molar-refractivity contribution in [2.24, 2.45) is 17.8 Å². The minimum absolute atomic E-state index is 0.455. The maximum atomic E-state index is 6.06. The molecule has 1 aromatic heterocycles. The summed E-state index contributed by atoms with van der Waals surface area (Å²) in [5, 5.41) is 9.91. The first kappa shape index (κ1) is 28.7. The number of benzene rings is 3. The zero-order valence-corrected chi connectivity index (χ0v) is 24.6. The van der Waals surface area contributed by atoms with E-state index >= 15 is 0 Å². The van der Waals surface area contributed by atoms with Gasteiger partial charge in [-0.1, -0.05) is 104 Å². The molecule has 0 bridgehead atoms. The molecule has 0 spiro atoms. The van der Waals surface area contributed by atoms with Crippen LogP contribution in [-0.2, 0) is 6.54 Å². The Kier molecular flexibility index (Phi) is 10.0. The van der Waals surface area contributed by atoms with Gasteiger partial charge in [0, 0.05) is 11.1 Å². The van der Waals surface area contributed by atoms with Crippen molar-refractivity contribution in [1.82, 2.24) is 15.0 Å². The van der Waals surface area contributed by atoms with Crippen molar-refractivity contribution in [2.45, 2.75) is 73.8 Å². The lowest BCUT2D eigenvalue weighted by Crippen LogP contribution is -2.09. The Balaban J connectivity index is 1.63. The molecule has 1 heterocycles. The fraction of sp³-hybridized carbons (Fsp3) is 0.471. The molecule has 39 heavy (non-hydrogen) atoms. The van der Waals surface area contributed by atoms with Crippen molar-refractivity contribution in [3.05, 3.63) is 60.7 Å². The predicted molar refractivity (Wildman–Crippen MR) is 162 cm³/mol. The molecule has 0 aliphatic rings. The van der Waals surface area contributed by atoms with Gasteiger partial charge in [-0.15, -0.1) is 0 Å². The quantitative estimate of drug-likeness (QED) is 0.164. The fourth-order valence-electron chi connectivity index (χ4n) is 4.85. The Morgan fingerprint density at radius 1 is 0.590 bits per heavy atom. The van der Waals surface area contributed by atoms with Crippen LogP contribution in [0.2, 0.25) is 0 Å². The highest BCUT2D eigenvalue weighted by atomic mass is 16.5. The van der Waals surface area contributed by atoms with Gasteiger partial charge in [0.25, 0.3) is 0 Å². The molecule has 0 fully saturated rings. The molecule has 4 rings (SSSR count). The number of rotatable bonds is 14. The maximum absolute atomic E-state index is 6.06. The first-order valence-corrected chi connectivity index (χ1v) is 14.8. The van der Waals surface area contributed by atoms with E-state index in [9.17, 15) is 0 Å². The molecule has 5 heteroatoms. The van der Waals surface area contributed by atoms with Crippen molar-refractivity contribution >= 4 is 11.0 Å². The Morgan fingerprint density at radius 3 is 1.31 bits per heavy atom. The van der Waals surface area contributed by atoms with Gasteiger partial charge in [0.2, 0.25) is 0 Å². The zero-order valence-electron chi connectivity index (χ0n) is 24.6. The van der Waals surface area contributed by atoms with Crippen LogP contribution < -0.4 is 9.47 Å². The van der Waals surface area contributed by atoms with Gasteiger partial charge in [0.1, 0.15) is 22.5 Å². The van der Waals surface area contributed by atoms with Crippen LogP contribution in [0.3, 0.4) is 0 Å². The Labute approximate surface area is 234 Å². The summed E-state index contributed by atoms with van der Waals surface area (Å²) in [4.78, 5) is 1.85. The van der Waals surface area contributed by atoms with Gasteiger partial charge in [-0.05, 0) is 53.1 Å². The van der Waals surface area contributed by atoms with E-state index < -0.39 is 0 Å². The predicted octanol–water partition coefficient (Wildman–Crippen LogP) is 9.05. The molecule has 0 aliphatic carbocycles. The van der Waals surface area contributed by atoms with Gasteiger partial charge in [0.05, 0.1) is 19.8 Å². The van der Waals surface area contributed by atoms with Crippen LogP contribution in [0, 0.1) is 17.8 Å². The molecule has 5 nitrogen and oxygen atoms in total. The highest BCUT2D eigenvalue weighted by Crippen LogP contribution is 2.35. The third kappa shape index (κ3) is 7.20. The summed E-state index contributed by atoms with van der Waals surface area (Å²) in [6, 6.07) is 21.1. The Morgan fingerprint density at radius 2 is 0.974 bits per heavy atom. The third-order valence-electron chi connectivity index (χ3n) is 7.72. The molecular formula is C34H45N3O2. The summed E-state index contributed by atoms with van der Waals surface area (Å²) >= 11 is 0. The smallest absolute Gasteiger partial charge is 0.121 e. The summed E-state index contributed by atoms with van der Waals surface area (Å²) in [6.45, 7) is 15.6. The average Bonchev–Trinajstić information content (AvgIpc) is 3.37. The molecule has 0 N–H and O–H groups in total. The van der Waals surface area contributed by atoms with Crippen LogP contribution in [0.15, 0.2) is 60.7 Å². The molecule has 3 aromatic carbocycles. The average molecular weight is 528 g/mol. The highest BCUT2D eigenvalue weighted by Gasteiger charge is 2.16. The van der Waals surface area contributed by atoms with Crippen LogP contribution in [0.5, 0.6) is 11.5 Å². The minimum atomic E-state index is 0.455. The first-order valence-electron chi connectivity index (χ1n) is 14.8. The topological polar surface area (TPSA) is 49.2 Å². The Hall–Kier alpha value is -3.34. The summed E-state index contributed by atoms with van der Waals surface area (Å²) < 4.78 is 12.1. The largest absolute Gasteiger partial charge is 0.493 e. The second-order valence-corrected chi connectivity index (χ2v) is 11.0. The molecule has 4 aromatic rings. The zero-order chi connectivity index (χ0) is 27.8. The molecule has 0 radical (unpaired) electrons. The lowest BCUT2D eigenvalue weighted by Gasteiger charge is -2.14. The molecule has 0 aliphatic heterocycles. The van der Waals surface area contributed by atoms with E-state index in [4.69, 9.17) is 19.7 Å². The van der Waals surface area contributed by atoms with E-state index in [0.29, 0.717) is 17.8 Å². The van der Waals surface area contributed by atoms with E-state index in [1.807, 2.05) is 4.80 Å². The summed E-state index contributed by atoms with van der Waals surface area (Å²) in [5.74, 6) is 3.47. The second kappa shape index (κ2) is 13.6. The van der Waals surface area contributed by atoms with E-state index in [1.165, 1.54) is 0 Å². The van der Waals surface area contributed by atoms with E-state index in [-0.39, 0.29) is 0 Å². The minimum Gasteiger partial charge on any atom is -0.493 e. The van der Waals surface area contributed by atoms with Gasteiger partial charge >= 0.3 is 0 Å². The summed E-state index contributed by atoms with van der Waals surface area (Å²) in [7, 11) is 0. The number of ether oxygens (including phenoxy) is 2. The lowest BCUT2D eigenvalue weighted by atomic mass is 9.98. The van der Waals surface area contributed by atoms with Crippen LogP contribution in [0.25, 0.3) is 33.3 Å². The number of fused-ring (bicyclic) bond motifs is 1. The molecule has 0 amide bonds. The Bertz CT molecular complexity index is 1200. The van der Waals surface area contributed by atoms with Crippen molar-refractivity contribution in [3.8, 4) is 33.8 Å². The van der Waals surface area contributed by atoms with Gasteiger partial charge in [-0.2, -0.15) is 15.0 Å². The molecule has 0 saturated heterocycles. The van der Waals surface area contributed by atoms with E-state index in [1.54, 1.807) is 0 Å². The second-order valence-electron chi connectivity index (χ2n) is 11.0. The number of nitrogens with zero attached hydrogens (tertiary/aromatic N) is 3. The molecule has 208 valence electrons. The molecule has 0 atom stereocenters. The van der Waals surface area contributed by atoms with Crippen LogP contribution in [-0.4, -0.2) is 28.2 Å². The number of hydrogen-bond acceptors (Lipinski definition) is 4. The summed E-state index contributed by atoms with van der Waals surface area (Å²) in [6.07, 6.45) is 4.55. The standard InChI is InChI=1S/C34H45N3O2/c1-7-25(8-2)22-38-29-15-11-27(12-16-29)31-19-20-32(34-33(31)35-37(36-34)21-24(5)6)28-13-17-30(18-14-28)39-23-26(9-3)10-4/h11-20,24-26H,7-10,21-23H2,1-6H3. The third-order valence-corrected chi connectivity index (χ3v) is 7.72. The van der Waals surface area contributed by atoms with Crippen LogP contribution >= 0.6 is 0 Å². The monoisotopic (exact) mass is 527 g/mol. The van der Waals surface area contributed by atoms with E-state index in [0.717, 1.165) is 90.2 Å². The first-order chi connectivity index (χ1) is 18.9.